The molecule has 0 aromatic heterocycles. The van der Waals surface area contributed by atoms with Gasteiger partial charge in [0.15, 0.2) is 0 Å². The molecule has 5 N–H and O–H groups in total. The van der Waals surface area contributed by atoms with Gasteiger partial charge in [-0.3, -0.25) is 24.0 Å². The Morgan fingerprint density at radius 3 is 2.10 bits per heavy atom. The molecule has 1 heterocycles. The molecule has 0 radical (unpaired) electrons. The molecule has 48 heavy (non-hydrogen) atoms. The van der Waals surface area contributed by atoms with Crippen molar-refractivity contribution in [2.24, 2.45) is 34.0 Å². The second-order valence-corrected chi connectivity index (χ2v) is 16.7. The number of Topliss-reactive ketones (excluding diaryl/α,β-unsaturated/α-hetero) is 1. The van der Waals surface area contributed by atoms with Crippen LogP contribution in [0.4, 0.5) is 4.79 Å². The third-order valence-corrected chi connectivity index (χ3v) is 10.3. The molecule has 12 heteroatoms. The van der Waals surface area contributed by atoms with Crippen LogP contribution in [0.3, 0.4) is 0 Å². The second kappa shape index (κ2) is 15.4. The highest BCUT2D eigenvalue weighted by atomic mass is 16.2. The Bertz CT molecular complexity index is 1250. The summed E-state index contributed by atoms with van der Waals surface area (Å²) in [4.78, 5) is 81.2. The van der Waals surface area contributed by atoms with Crippen molar-refractivity contribution in [1.82, 2.24) is 31.5 Å². The molecule has 6 amide bonds. The largest absolute Gasteiger partial charge is 0.356 e. The Morgan fingerprint density at radius 2 is 1.56 bits per heavy atom. The fraction of sp³-hybridized carbons (Fsp3) is 0.778. The van der Waals surface area contributed by atoms with Crippen molar-refractivity contribution in [3.8, 4) is 0 Å². The van der Waals surface area contributed by atoms with Gasteiger partial charge in [-0.2, -0.15) is 0 Å². The fourth-order valence-corrected chi connectivity index (χ4v) is 6.85. The Morgan fingerprint density at radius 1 is 0.917 bits per heavy atom. The van der Waals surface area contributed by atoms with E-state index in [0.29, 0.717) is 31.8 Å². The van der Waals surface area contributed by atoms with E-state index < -0.39 is 47.2 Å². The summed E-state index contributed by atoms with van der Waals surface area (Å²) in [7, 11) is 0. The van der Waals surface area contributed by atoms with Crippen LogP contribution in [0.5, 0.6) is 0 Å². The first kappa shape index (κ1) is 39.0. The molecule has 0 aromatic carbocycles. The molecule has 0 spiro atoms. The summed E-state index contributed by atoms with van der Waals surface area (Å²) in [6, 6.07) is -3.71. The highest BCUT2D eigenvalue weighted by Gasteiger charge is 2.70. The zero-order chi connectivity index (χ0) is 36.2. The summed E-state index contributed by atoms with van der Waals surface area (Å²) >= 11 is 0. The second-order valence-electron chi connectivity index (χ2n) is 16.7. The maximum atomic E-state index is 14.3. The average Bonchev–Trinajstić information content (AvgIpc) is 3.85. The molecule has 3 rings (SSSR count). The van der Waals surface area contributed by atoms with Gasteiger partial charge in [0.05, 0.1) is 6.04 Å². The summed E-state index contributed by atoms with van der Waals surface area (Å²) < 4.78 is 0. The minimum absolute atomic E-state index is 0.0405. The first-order valence-corrected chi connectivity index (χ1v) is 17.6. The van der Waals surface area contributed by atoms with Crippen LogP contribution in [0.2, 0.25) is 0 Å². The third-order valence-electron chi connectivity index (χ3n) is 10.3. The van der Waals surface area contributed by atoms with Crippen LogP contribution in [-0.4, -0.2) is 84.1 Å². The maximum absolute atomic E-state index is 14.3. The summed E-state index contributed by atoms with van der Waals surface area (Å²) in [6.45, 7) is 22.2. The number of carbonyl (C=O) groups excluding carboxylic acids is 6. The van der Waals surface area contributed by atoms with Crippen molar-refractivity contribution >= 4 is 35.4 Å². The van der Waals surface area contributed by atoms with E-state index in [9.17, 15) is 28.8 Å². The number of hydrogen-bond acceptors (Lipinski definition) is 6. The van der Waals surface area contributed by atoms with E-state index in [1.165, 1.54) is 6.08 Å². The number of nitrogens with zero attached hydrogens (tertiary/aromatic N) is 1. The predicted octanol–water partition coefficient (Wildman–Crippen LogP) is 3.06. The minimum Gasteiger partial charge on any atom is -0.356 e. The maximum Gasteiger partial charge on any atom is 0.315 e. The number of nitrogens with one attached hydrogen (secondary N) is 5. The van der Waals surface area contributed by atoms with E-state index in [1.54, 1.807) is 4.90 Å². The monoisotopic (exact) mass is 672 g/mol. The van der Waals surface area contributed by atoms with Gasteiger partial charge >= 0.3 is 6.03 Å². The van der Waals surface area contributed by atoms with E-state index in [2.05, 4.69) is 47.0 Å². The molecule has 3 unspecified atom stereocenters. The van der Waals surface area contributed by atoms with Crippen LogP contribution in [0, 0.1) is 34.0 Å². The topological polar surface area (TPSA) is 166 Å². The number of likely N-dealkylation sites (tertiary alicyclic amines) is 1. The molecule has 1 aliphatic heterocycles. The van der Waals surface area contributed by atoms with Crippen molar-refractivity contribution in [2.75, 3.05) is 19.6 Å². The number of amides is 6. The lowest BCUT2D eigenvalue weighted by Gasteiger charge is -2.38. The van der Waals surface area contributed by atoms with Crippen LogP contribution in [0.15, 0.2) is 12.7 Å². The van der Waals surface area contributed by atoms with E-state index in [1.807, 2.05) is 48.5 Å². The number of carbonyl (C=O) groups is 6. The molecular formula is C36H60N6O6. The van der Waals surface area contributed by atoms with Gasteiger partial charge in [-0.15, -0.1) is 6.58 Å². The fourth-order valence-electron chi connectivity index (χ4n) is 6.85. The molecule has 2 saturated carbocycles. The van der Waals surface area contributed by atoms with Crippen molar-refractivity contribution < 1.29 is 28.8 Å². The lowest BCUT2D eigenvalue weighted by Crippen LogP contribution is -2.62. The standard InChI is InChI=1S/C36H60N6O6/c1-11-13-23(28(44)31(46)37-18-12-2)39-30(45)27-26-22(36(26,9)10)20-42(27)32(47)29(35(6,7)8)41-33(48)40-24(34(3,4)5)16-17-25(43)38-19-21-14-15-21/h12,21-24,26-27,29H,2,11,13-20H2,1,3-10H3,(H,37,46)(H,38,43)(H,39,45)(H2,40,41,48)/t22-,23?,24+,26-,27?,29?/m0/s1. The molecule has 1 saturated heterocycles. The number of fused-ring (bicyclic) bond motifs is 1. The Balaban J connectivity index is 1.75. The number of rotatable bonds is 16. The Kier molecular flexibility index (Phi) is 12.5. The minimum atomic E-state index is -1.03. The normalized spacial score (nSPS) is 23.1. The SMILES string of the molecule is C=CCNC(=O)C(=O)C(CCC)NC(=O)C1[C@@H]2[C@H](CN1C(=O)C(NC(=O)N[C@H](CCC(=O)NCC1CC1)C(C)(C)C)C(C)(C)C)C2(C)C. The number of ketones is 1. The molecule has 3 fully saturated rings. The van der Waals surface area contributed by atoms with Crippen LogP contribution in [-0.2, 0) is 24.0 Å². The molecule has 6 atom stereocenters. The number of urea groups is 1. The van der Waals surface area contributed by atoms with E-state index >= 15 is 0 Å². The van der Waals surface area contributed by atoms with E-state index in [4.69, 9.17) is 0 Å². The zero-order valence-corrected chi connectivity index (χ0v) is 30.6. The lowest BCUT2D eigenvalue weighted by atomic mass is 9.83. The van der Waals surface area contributed by atoms with Gasteiger partial charge in [0, 0.05) is 32.1 Å². The molecule has 2 aliphatic carbocycles. The van der Waals surface area contributed by atoms with Crippen LogP contribution in [0.1, 0.15) is 101 Å². The summed E-state index contributed by atoms with van der Waals surface area (Å²) in [6.07, 6.45) is 5.31. The summed E-state index contributed by atoms with van der Waals surface area (Å²) in [5.74, 6) is -1.90. The van der Waals surface area contributed by atoms with Gasteiger partial charge in [-0.05, 0) is 59.7 Å². The quantitative estimate of drug-likeness (QED) is 0.125. The van der Waals surface area contributed by atoms with Gasteiger partial charge in [0.25, 0.3) is 5.91 Å². The van der Waals surface area contributed by atoms with Gasteiger partial charge < -0.3 is 31.5 Å². The zero-order valence-electron chi connectivity index (χ0n) is 30.6. The van der Waals surface area contributed by atoms with Crippen molar-refractivity contribution in [2.45, 2.75) is 125 Å². The van der Waals surface area contributed by atoms with Crippen LogP contribution < -0.4 is 26.6 Å². The molecule has 3 aliphatic rings. The summed E-state index contributed by atoms with van der Waals surface area (Å²) in [5.41, 5.74) is -1.24. The molecular weight excluding hydrogens is 612 g/mol. The van der Waals surface area contributed by atoms with E-state index in [-0.39, 0.29) is 59.9 Å². The van der Waals surface area contributed by atoms with Gasteiger partial charge in [0.1, 0.15) is 12.1 Å². The number of piperidine rings is 1. The van der Waals surface area contributed by atoms with Gasteiger partial charge in [0.2, 0.25) is 23.5 Å². The Hall–Kier alpha value is -3.44. The molecule has 270 valence electrons. The number of hydrogen-bond donors (Lipinski definition) is 5. The van der Waals surface area contributed by atoms with Crippen molar-refractivity contribution in [3.05, 3.63) is 12.7 Å². The third kappa shape index (κ3) is 9.81. The first-order chi connectivity index (χ1) is 22.2. The highest BCUT2D eigenvalue weighted by Crippen LogP contribution is 2.65. The van der Waals surface area contributed by atoms with E-state index in [0.717, 1.165) is 12.8 Å². The molecule has 0 aromatic rings. The van der Waals surface area contributed by atoms with Crippen molar-refractivity contribution in [3.63, 3.8) is 0 Å². The smallest absolute Gasteiger partial charge is 0.315 e. The summed E-state index contributed by atoms with van der Waals surface area (Å²) in [5, 5.41) is 14.2. The molecule has 0 bridgehead atoms. The lowest BCUT2D eigenvalue weighted by molar-refractivity contribution is -0.145. The average molecular weight is 673 g/mol. The Labute approximate surface area is 286 Å². The first-order valence-electron chi connectivity index (χ1n) is 17.6. The van der Waals surface area contributed by atoms with Crippen LogP contribution in [0.25, 0.3) is 0 Å². The van der Waals surface area contributed by atoms with Gasteiger partial charge in [-0.25, -0.2) is 4.79 Å². The predicted molar refractivity (Wildman–Crippen MR) is 184 cm³/mol. The van der Waals surface area contributed by atoms with Gasteiger partial charge in [-0.1, -0.05) is 74.8 Å². The molecule has 12 nitrogen and oxygen atoms in total. The highest BCUT2D eigenvalue weighted by molar-refractivity contribution is 6.38. The van der Waals surface area contributed by atoms with Crippen LogP contribution >= 0.6 is 0 Å². The van der Waals surface area contributed by atoms with Crippen molar-refractivity contribution in [1.29, 1.82) is 0 Å².